The van der Waals surface area contributed by atoms with Crippen molar-refractivity contribution in [1.29, 1.82) is 0 Å². The fraction of sp³-hybridized carbons (Fsp3) is 0.636. The molecule has 0 aliphatic carbocycles. The fourth-order valence-corrected chi connectivity index (χ4v) is 1.17. The number of hydrogen-bond acceptors (Lipinski definition) is 1. The summed E-state index contributed by atoms with van der Waals surface area (Å²) in [6, 6.07) is 0. The van der Waals surface area contributed by atoms with Gasteiger partial charge in [-0.25, -0.2) is 0 Å². The SMILES string of the molecule is C=CCN(/C=C\C)CCCCC. The van der Waals surface area contributed by atoms with Crippen LogP contribution in [0.4, 0.5) is 0 Å². The van der Waals surface area contributed by atoms with Crippen molar-refractivity contribution in [1.82, 2.24) is 4.90 Å². The van der Waals surface area contributed by atoms with E-state index in [4.69, 9.17) is 0 Å². The zero-order valence-corrected chi connectivity index (χ0v) is 8.42. The molecule has 0 N–H and O–H groups in total. The van der Waals surface area contributed by atoms with Gasteiger partial charge in [0.15, 0.2) is 0 Å². The lowest BCUT2D eigenvalue weighted by Gasteiger charge is -2.17. The lowest BCUT2D eigenvalue weighted by Crippen LogP contribution is -2.18. The molecule has 1 nitrogen and oxygen atoms in total. The third-order valence-electron chi connectivity index (χ3n) is 1.77. The molecule has 0 amide bonds. The molecule has 0 saturated carbocycles. The summed E-state index contributed by atoms with van der Waals surface area (Å²) in [7, 11) is 0. The average Bonchev–Trinajstić information content (AvgIpc) is 2.06. The first-order chi connectivity index (χ1) is 5.85. The monoisotopic (exact) mass is 167 g/mol. The van der Waals surface area contributed by atoms with Crippen LogP contribution in [0.1, 0.15) is 33.1 Å². The van der Waals surface area contributed by atoms with Gasteiger partial charge >= 0.3 is 0 Å². The number of unbranched alkanes of at least 4 members (excludes halogenated alkanes) is 2. The molecule has 12 heavy (non-hydrogen) atoms. The molecule has 0 rings (SSSR count). The minimum Gasteiger partial charge on any atom is -0.374 e. The van der Waals surface area contributed by atoms with Crippen molar-refractivity contribution in [2.75, 3.05) is 13.1 Å². The van der Waals surface area contributed by atoms with Crippen molar-refractivity contribution in [3.05, 3.63) is 24.9 Å². The first kappa shape index (κ1) is 11.3. The lowest BCUT2D eigenvalue weighted by molar-refractivity contribution is 0.399. The Hall–Kier alpha value is -0.720. The van der Waals surface area contributed by atoms with Crippen molar-refractivity contribution in [3.63, 3.8) is 0 Å². The van der Waals surface area contributed by atoms with Crippen molar-refractivity contribution in [2.45, 2.75) is 33.1 Å². The van der Waals surface area contributed by atoms with E-state index in [0.717, 1.165) is 13.1 Å². The topological polar surface area (TPSA) is 3.24 Å². The molecule has 70 valence electrons. The molecular weight excluding hydrogens is 146 g/mol. The molecule has 0 atom stereocenters. The summed E-state index contributed by atoms with van der Waals surface area (Å²) in [6.45, 7) is 10.1. The van der Waals surface area contributed by atoms with Crippen LogP contribution in [0.2, 0.25) is 0 Å². The van der Waals surface area contributed by atoms with E-state index in [1.54, 1.807) is 0 Å². The Morgan fingerprint density at radius 1 is 1.33 bits per heavy atom. The van der Waals surface area contributed by atoms with E-state index in [1.165, 1.54) is 19.3 Å². The van der Waals surface area contributed by atoms with E-state index in [1.807, 2.05) is 6.08 Å². The Morgan fingerprint density at radius 2 is 2.08 bits per heavy atom. The minimum atomic E-state index is 0.966. The van der Waals surface area contributed by atoms with Gasteiger partial charge in [-0.2, -0.15) is 0 Å². The Kier molecular flexibility index (Phi) is 7.87. The summed E-state index contributed by atoms with van der Waals surface area (Å²) in [4.78, 5) is 2.29. The highest BCUT2D eigenvalue weighted by Gasteiger charge is 1.94. The highest BCUT2D eigenvalue weighted by atomic mass is 15.1. The maximum absolute atomic E-state index is 3.74. The van der Waals surface area contributed by atoms with E-state index in [9.17, 15) is 0 Å². The van der Waals surface area contributed by atoms with Gasteiger partial charge in [0.25, 0.3) is 0 Å². The predicted octanol–water partition coefficient (Wildman–Crippen LogP) is 3.20. The maximum Gasteiger partial charge on any atom is 0.0351 e. The third-order valence-corrected chi connectivity index (χ3v) is 1.77. The highest BCUT2D eigenvalue weighted by Crippen LogP contribution is 1.98. The Bertz CT molecular complexity index is 127. The molecule has 0 radical (unpaired) electrons. The summed E-state index contributed by atoms with van der Waals surface area (Å²) in [6.07, 6.45) is 10.1. The molecule has 0 bridgehead atoms. The fourth-order valence-electron chi connectivity index (χ4n) is 1.17. The van der Waals surface area contributed by atoms with Crippen LogP contribution in [0.5, 0.6) is 0 Å². The molecular formula is C11H21N. The summed E-state index contributed by atoms with van der Waals surface area (Å²) in [5, 5.41) is 0. The number of nitrogens with zero attached hydrogens (tertiary/aromatic N) is 1. The summed E-state index contributed by atoms with van der Waals surface area (Å²) < 4.78 is 0. The maximum atomic E-state index is 3.74. The molecule has 1 heteroatoms. The van der Waals surface area contributed by atoms with Gasteiger partial charge in [0.05, 0.1) is 0 Å². The van der Waals surface area contributed by atoms with Crippen molar-refractivity contribution in [3.8, 4) is 0 Å². The van der Waals surface area contributed by atoms with Gasteiger partial charge in [-0.05, 0) is 19.5 Å². The molecule has 0 aliphatic heterocycles. The molecule has 0 saturated heterocycles. The van der Waals surface area contributed by atoms with Gasteiger partial charge in [0.1, 0.15) is 0 Å². The van der Waals surface area contributed by atoms with Crippen LogP contribution in [0.25, 0.3) is 0 Å². The van der Waals surface area contributed by atoms with Gasteiger partial charge in [0, 0.05) is 13.1 Å². The van der Waals surface area contributed by atoms with Crippen molar-refractivity contribution >= 4 is 0 Å². The zero-order valence-electron chi connectivity index (χ0n) is 8.42. The van der Waals surface area contributed by atoms with Crippen LogP contribution in [-0.4, -0.2) is 18.0 Å². The minimum absolute atomic E-state index is 0.966. The lowest BCUT2D eigenvalue weighted by atomic mass is 10.2. The summed E-state index contributed by atoms with van der Waals surface area (Å²) >= 11 is 0. The smallest absolute Gasteiger partial charge is 0.0351 e. The number of rotatable bonds is 7. The van der Waals surface area contributed by atoms with Crippen LogP contribution in [0.15, 0.2) is 24.9 Å². The molecule has 0 aromatic carbocycles. The Balaban J connectivity index is 3.55. The number of allylic oxidation sites excluding steroid dienone is 1. The van der Waals surface area contributed by atoms with E-state index < -0.39 is 0 Å². The quantitative estimate of drug-likeness (QED) is 0.416. The predicted molar refractivity (Wildman–Crippen MR) is 56.1 cm³/mol. The standard InChI is InChI=1S/C11H21N/c1-4-7-8-11-12(9-5-2)10-6-3/h5-6,10H,2,4,7-9,11H2,1,3H3/b10-6-. The van der Waals surface area contributed by atoms with Gasteiger partial charge in [-0.15, -0.1) is 6.58 Å². The zero-order chi connectivity index (χ0) is 9.23. The number of hydrogen-bond donors (Lipinski definition) is 0. The van der Waals surface area contributed by atoms with E-state index in [-0.39, 0.29) is 0 Å². The average molecular weight is 167 g/mol. The Labute approximate surface area is 76.8 Å². The third kappa shape index (κ3) is 6.02. The summed E-state index contributed by atoms with van der Waals surface area (Å²) in [5.74, 6) is 0. The van der Waals surface area contributed by atoms with Crippen LogP contribution >= 0.6 is 0 Å². The normalized spacial score (nSPS) is 10.5. The molecule has 0 aromatic heterocycles. The van der Waals surface area contributed by atoms with Crippen LogP contribution < -0.4 is 0 Å². The first-order valence-corrected chi connectivity index (χ1v) is 4.82. The van der Waals surface area contributed by atoms with Crippen LogP contribution in [0.3, 0.4) is 0 Å². The van der Waals surface area contributed by atoms with E-state index in [0.29, 0.717) is 0 Å². The van der Waals surface area contributed by atoms with Crippen LogP contribution in [-0.2, 0) is 0 Å². The molecule has 0 fully saturated rings. The van der Waals surface area contributed by atoms with E-state index in [2.05, 4.69) is 37.6 Å². The second kappa shape index (κ2) is 8.38. The van der Waals surface area contributed by atoms with Gasteiger partial charge in [-0.3, -0.25) is 0 Å². The summed E-state index contributed by atoms with van der Waals surface area (Å²) in [5.41, 5.74) is 0. The van der Waals surface area contributed by atoms with Crippen molar-refractivity contribution < 1.29 is 0 Å². The second-order valence-electron chi connectivity index (χ2n) is 2.97. The molecule has 0 spiro atoms. The second-order valence-corrected chi connectivity index (χ2v) is 2.97. The molecule has 0 heterocycles. The largest absolute Gasteiger partial charge is 0.374 e. The van der Waals surface area contributed by atoms with Gasteiger partial charge < -0.3 is 4.90 Å². The molecule has 0 aromatic rings. The first-order valence-electron chi connectivity index (χ1n) is 4.82. The molecule has 0 unspecified atom stereocenters. The molecule has 0 aliphatic rings. The van der Waals surface area contributed by atoms with Gasteiger partial charge in [-0.1, -0.05) is 31.9 Å². The van der Waals surface area contributed by atoms with Crippen LogP contribution in [0, 0.1) is 0 Å². The van der Waals surface area contributed by atoms with Gasteiger partial charge in [0.2, 0.25) is 0 Å². The van der Waals surface area contributed by atoms with Crippen molar-refractivity contribution in [2.24, 2.45) is 0 Å². The van der Waals surface area contributed by atoms with E-state index >= 15 is 0 Å². The highest BCUT2D eigenvalue weighted by molar-refractivity contribution is 4.83. The Morgan fingerprint density at radius 3 is 2.58 bits per heavy atom.